The molecule has 1 atom stereocenters. The van der Waals surface area contributed by atoms with E-state index in [2.05, 4.69) is 36.6 Å². The lowest BCUT2D eigenvalue weighted by atomic mass is 9.71. The van der Waals surface area contributed by atoms with Crippen molar-refractivity contribution in [3.05, 3.63) is 65.5 Å². The van der Waals surface area contributed by atoms with Gasteiger partial charge < -0.3 is 10.6 Å². The first-order valence-electron chi connectivity index (χ1n) is 9.37. The number of rotatable bonds is 6. The summed E-state index contributed by atoms with van der Waals surface area (Å²) >= 11 is 1.26. The summed E-state index contributed by atoms with van der Waals surface area (Å²) in [6.07, 6.45) is 1.92. The van der Waals surface area contributed by atoms with E-state index in [0.717, 1.165) is 12.8 Å². The van der Waals surface area contributed by atoms with Crippen LogP contribution in [0.2, 0.25) is 0 Å². The van der Waals surface area contributed by atoms with E-state index in [0.29, 0.717) is 5.69 Å². The van der Waals surface area contributed by atoms with Gasteiger partial charge in [0.1, 0.15) is 5.82 Å². The molecule has 0 aromatic heterocycles. The summed E-state index contributed by atoms with van der Waals surface area (Å²) in [5.41, 5.74) is 3.13. The summed E-state index contributed by atoms with van der Waals surface area (Å²) in [5, 5.41) is 5.80. The van der Waals surface area contributed by atoms with Crippen molar-refractivity contribution < 1.29 is 14.0 Å². The van der Waals surface area contributed by atoms with Gasteiger partial charge in [0.25, 0.3) is 0 Å². The van der Waals surface area contributed by atoms with E-state index in [9.17, 15) is 14.0 Å². The van der Waals surface area contributed by atoms with E-state index >= 15 is 0 Å². The first kappa shape index (κ1) is 20.4. The molecule has 0 radical (unpaired) electrons. The van der Waals surface area contributed by atoms with Gasteiger partial charge in [-0.2, -0.15) is 0 Å². The van der Waals surface area contributed by atoms with Crippen LogP contribution in [0.25, 0.3) is 0 Å². The van der Waals surface area contributed by atoms with Crippen molar-refractivity contribution in [2.45, 2.75) is 38.1 Å². The molecular weight excluding hydrogens is 375 g/mol. The molecule has 1 aliphatic carbocycles. The van der Waals surface area contributed by atoms with Crippen LogP contribution in [-0.2, 0) is 15.0 Å². The zero-order chi connectivity index (χ0) is 20.1. The molecular formula is C22H25FN2O2S. The molecule has 2 N–H and O–H groups in total. The molecule has 0 saturated heterocycles. The lowest BCUT2D eigenvalue weighted by molar-refractivity contribution is -0.119. The Balaban J connectivity index is 1.47. The van der Waals surface area contributed by atoms with E-state index in [1.54, 1.807) is 0 Å². The minimum atomic E-state index is -0.350. The van der Waals surface area contributed by atoms with Crippen LogP contribution in [0.5, 0.6) is 0 Å². The van der Waals surface area contributed by atoms with Crippen molar-refractivity contribution in [1.29, 1.82) is 0 Å². The third kappa shape index (κ3) is 5.13. The first-order chi connectivity index (χ1) is 13.3. The van der Waals surface area contributed by atoms with Gasteiger partial charge in [-0.1, -0.05) is 38.1 Å². The second kappa shape index (κ2) is 8.78. The first-order valence-corrected chi connectivity index (χ1v) is 10.5. The topological polar surface area (TPSA) is 58.2 Å². The Kier molecular flexibility index (Phi) is 6.39. The van der Waals surface area contributed by atoms with Crippen molar-refractivity contribution in [2.24, 2.45) is 0 Å². The smallest absolute Gasteiger partial charge is 0.234 e. The predicted octanol–water partition coefficient (Wildman–Crippen LogP) is 4.43. The van der Waals surface area contributed by atoms with Crippen LogP contribution in [0.3, 0.4) is 0 Å². The van der Waals surface area contributed by atoms with Crippen LogP contribution in [0, 0.1) is 5.82 Å². The maximum Gasteiger partial charge on any atom is 0.234 e. The standard InChI is InChI=1S/C22H25FN2O2S/c1-22(2)12-11-19(17-5-3-4-6-18(17)22)25-21(27)14-28-13-20(26)24-16-9-7-15(23)8-10-16/h3-10,19H,11-14H2,1-2H3,(H,24,26)(H,25,27). The maximum absolute atomic E-state index is 12.9. The fraction of sp³-hybridized carbons (Fsp3) is 0.364. The molecule has 2 aromatic rings. The Morgan fingerprint density at radius 2 is 1.75 bits per heavy atom. The predicted molar refractivity (Wildman–Crippen MR) is 112 cm³/mol. The van der Waals surface area contributed by atoms with Gasteiger partial charge >= 0.3 is 0 Å². The van der Waals surface area contributed by atoms with Crippen molar-refractivity contribution in [2.75, 3.05) is 16.8 Å². The molecule has 148 valence electrons. The number of amides is 2. The minimum Gasteiger partial charge on any atom is -0.349 e. The number of hydrogen-bond acceptors (Lipinski definition) is 3. The average molecular weight is 401 g/mol. The summed E-state index contributed by atoms with van der Waals surface area (Å²) in [5.74, 6) is -0.247. The van der Waals surface area contributed by atoms with Gasteiger partial charge in [0, 0.05) is 5.69 Å². The summed E-state index contributed by atoms with van der Waals surface area (Å²) in [6, 6.07) is 13.9. The highest BCUT2D eigenvalue weighted by molar-refractivity contribution is 8.00. The van der Waals surface area contributed by atoms with Gasteiger partial charge in [0.2, 0.25) is 11.8 Å². The van der Waals surface area contributed by atoms with Crippen LogP contribution in [0.15, 0.2) is 48.5 Å². The molecule has 2 aromatic carbocycles. The van der Waals surface area contributed by atoms with E-state index < -0.39 is 0 Å². The maximum atomic E-state index is 12.9. The van der Waals surface area contributed by atoms with E-state index in [1.165, 1.54) is 47.2 Å². The summed E-state index contributed by atoms with van der Waals surface area (Å²) in [4.78, 5) is 24.3. The molecule has 0 bridgehead atoms. The largest absolute Gasteiger partial charge is 0.349 e. The number of nitrogens with one attached hydrogen (secondary N) is 2. The number of anilines is 1. The number of halogens is 1. The number of fused-ring (bicyclic) bond motifs is 1. The lowest BCUT2D eigenvalue weighted by Gasteiger charge is -2.37. The van der Waals surface area contributed by atoms with E-state index in [4.69, 9.17) is 0 Å². The van der Waals surface area contributed by atoms with Crippen LogP contribution in [0.4, 0.5) is 10.1 Å². The van der Waals surface area contributed by atoms with Crippen LogP contribution in [0.1, 0.15) is 43.9 Å². The Hall–Kier alpha value is -2.34. The highest BCUT2D eigenvalue weighted by Gasteiger charge is 2.32. The third-order valence-electron chi connectivity index (χ3n) is 5.05. The fourth-order valence-electron chi connectivity index (χ4n) is 3.57. The number of carbonyl (C=O) groups is 2. The van der Waals surface area contributed by atoms with Gasteiger partial charge in [-0.25, -0.2) is 4.39 Å². The van der Waals surface area contributed by atoms with Gasteiger partial charge in [-0.15, -0.1) is 11.8 Å². The Labute approximate surface area is 169 Å². The van der Waals surface area contributed by atoms with E-state index in [-0.39, 0.29) is 40.6 Å². The molecule has 1 aliphatic rings. The molecule has 28 heavy (non-hydrogen) atoms. The average Bonchev–Trinajstić information content (AvgIpc) is 2.66. The Morgan fingerprint density at radius 3 is 2.50 bits per heavy atom. The second-order valence-corrected chi connectivity index (χ2v) is 8.66. The molecule has 0 aliphatic heterocycles. The molecule has 0 spiro atoms. The Bertz CT molecular complexity index is 852. The molecule has 0 fully saturated rings. The monoisotopic (exact) mass is 400 g/mol. The second-order valence-electron chi connectivity index (χ2n) is 7.68. The summed E-state index contributed by atoms with van der Waals surface area (Å²) < 4.78 is 12.9. The van der Waals surface area contributed by atoms with Gasteiger partial charge in [-0.05, 0) is 53.6 Å². The minimum absolute atomic E-state index is 0.0189. The van der Waals surface area contributed by atoms with Crippen molar-refractivity contribution in [3.63, 3.8) is 0 Å². The molecule has 0 saturated carbocycles. The molecule has 0 heterocycles. The van der Waals surface area contributed by atoms with Crippen molar-refractivity contribution >= 4 is 29.3 Å². The zero-order valence-corrected chi connectivity index (χ0v) is 16.9. The van der Waals surface area contributed by atoms with Crippen molar-refractivity contribution in [3.8, 4) is 0 Å². The normalized spacial score (nSPS) is 17.5. The van der Waals surface area contributed by atoms with Crippen LogP contribution >= 0.6 is 11.8 Å². The number of carbonyl (C=O) groups excluding carboxylic acids is 2. The number of benzene rings is 2. The fourth-order valence-corrected chi connectivity index (χ4v) is 4.19. The van der Waals surface area contributed by atoms with Gasteiger partial charge in [0.15, 0.2) is 0 Å². The molecule has 2 amide bonds. The van der Waals surface area contributed by atoms with Crippen molar-refractivity contribution in [1.82, 2.24) is 5.32 Å². The van der Waals surface area contributed by atoms with Crippen LogP contribution in [-0.4, -0.2) is 23.3 Å². The highest BCUT2D eigenvalue weighted by atomic mass is 32.2. The quantitative estimate of drug-likeness (QED) is 0.754. The molecule has 6 heteroatoms. The highest BCUT2D eigenvalue weighted by Crippen LogP contribution is 2.41. The van der Waals surface area contributed by atoms with Gasteiger partial charge in [0.05, 0.1) is 17.5 Å². The third-order valence-corrected chi connectivity index (χ3v) is 5.99. The number of hydrogen-bond donors (Lipinski definition) is 2. The van der Waals surface area contributed by atoms with Crippen LogP contribution < -0.4 is 10.6 Å². The SMILES string of the molecule is CC1(C)CCC(NC(=O)CSCC(=O)Nc2ccc(F)cc2)c2ccccc21. The molecule has 1 unspecified atom stereocenters. The Morgan fingerprint density at radius 1 is 1.07 bits per heavy atom. The lowest BCUT2D eigenvalue weighted by Crippen LogP contribution is -2.36. The molecule has 3 rings (SSSR count). The summed E-state index contributed by atoms with van der Waals surface area (Å²) in [6.45, 7) is 4.47. The van der Waals surface area contributed by atoms with Gasteiger partial charge in [-0.3, -0.25) is 9.59 Å². The summed E-state index contributed by atoms with van der Waals surface area (Å²) in [7, 11) is 0. The number of thioether (sulfide) groups is 1. The van der Waals surface area contributed by atoms with E-state index in [1.807, 2.05) is 12.1 Å². The zero-order valence-electron chi connectivity index (χ0n) is 16.1. The molecule has 4 nitrogen and oxygen atoms in total.